The number of carbonyl (C=O) groups is 1. The van der Waals surface area contributed by atoms with E-state index in [0.717, 1.165) is 38.5 Å². The summed E-state index contributed by atoms with van der Waals surface area (Å²) in [4.78, 5) is 11.5. The second-order valence-electron chi connectivity index (χ2n) is 6.27. The number of aliphatic carboxylic acids is 1. The van der Waals surface area contributed by atoms with E-state index >= 15 is 0 Å². The lowest BCUT2D eigenvalue weighted by Crippen LogP contribution is -2.35. The Labute approximate surface area is 92.1 Å². The van der Waals surface area contributed by atoms with Gasteiger partial charge in [-0.2, -0.15) is 0 Å². The summed E-state index contributed by atoms with van der Waals surface area (Å²) in [5, 5.41) is 9.49. The lowest BCUT2D eigenvalue weighted by molar-refractivity contribution is -0.152. The lowest BCUT2D eigenvalue weighted by Gasteiger charge is -2.31. The molecular formula is C13H22O2. The minimum Gasteiger partial charge on any atom is -0.481 e. The average molecular weight is 210 g/mol. The third-order valence-electron chi connectivity index (χ3n) is 4.67. The van der Waals surface area contributed by atoms with E-state index in [2.05, 4.69) is 13.8 Å². The van der Waals surface area contributed by atoms with Crippen LogP contribution in [0, 0.1) is 16.7 Å². The third-order valence-corrected chi connectivity index (χ3v) is 4.67. The molecule has 0 saturated heterocycles. The minimum absolute atomic E-state index is 0.353. The maximum absolute atomic E-state index is 11.5. The maximum Gasteiger partial charge on any atom is 0.309 e. The van der Waals surface area contributed by atoms with Crippen molar-refractivity contribution in [3.63, 3.8) is 0 Å². The third kappa shape index (κ3) is 1.79. The summed E-state index contributed by atoms with van der Waals surface area (Å²) in [5.41, 5.74) is 0.0173. The summed E-state index contributed by atoms with van der Waals surface area (Å²) < 4.78 is 0. The molecule has 2 rings (SSSR count). The molecule has 2 aliphatic rings. The Balaban J connectivity index is 2.17. The van der Waals surface area contributed by atoms with Crippen molar-refractivity contribution in [2.24, 2.45) is 16.7 Å². The SMILES string of the molecule is CC1(C)CCC(C2(C(=O)O)CCCC2)C1. The molecule has 0 amide bonds. The van der Waals surface area contributed by atoms with E-state index in [9.17, 15) is 9.90 Å². The first kappa shape index (κ1) is 11.0. The zero-order valence-electron chi connectivity index (χ0n) is 9.88. The van der Waals surface area contributed by atoms with Gasteiger partial charge in [0.05, 0.1) is 5.41 Å². The van der Waals surface area contributed by atoms with E-state index < -0.39 is 5.97 Å². The predicted octanol–water partition coefficient (Wildman–Crippen LogP) is 3.46. The number of rotatable bonds is 2. The molecule has 0 spiro atoms. The molecule has 0 aliphatic heterocycles. The van der Waals surface area contributed by atoms with E-state index in [-0.39, 0.29) is 5.41 Å². The number of hydrogen-bond acceptors (Lipinski definition) is 1. The molecule has 1 unspecified atom stereocenters. The summed E-state index contributed by atoms with van der Waals surface area (Å²) >= 11 is 0. The lowest BCUT2D eigenvalue weighted by atomic mass is 9.71. The summed E-state index contributed by atoms with van der Waals surface area (Å²) in [6.07, 6.45) is 7.50. The quantitative estimate of drug-likeness (QED) is 0.758. The second kappa shape index (κ2) is 3.50. The highest BCUT2D eigenvalue weighted by molar-refractivity contribution is 5.75. The van der Waals surface area contributed by atoms with E-state index in [4.69, 9.17) is 0 Å². The van der Waals surface area contributed by atoms with Crippen LogP contribution in [0.25, 0.3) is 0 Å². The Morgan fingerprint density at radius 3 is 2.20 bits per heavy atom. The van der Waals surface area contributed by atoms with Crippen molar-refractivity contribution in [1.29, 1.82) is 0 Å². The van der Waals surface area contributed by atoms with Gasteiger partial charge < -0.3 is 5.11 Å². The van der Waals surface area contributed by atoms with Gasteiger partial charge in [0.15, 0.2) is 0 Å². The highest BCUT2D eigenvalue weighted by Gasteiger charge is 2.51. The van der Waals surface area contributed by atoms with Crippen LogP contribution in [0.2, 0.25) is 0 Å². The second-order valence-corrected chi connectivity index (χ2v) is 6.27. The van der Waals surface area contributed by atoms with Crippen LogP contribution < -0.4 is 0 Å². The Morgan fingerprint density at radius 2 is 1.80 bits per heavy atom. The van der Waals surface area contributed by atoms with Crippen LogP contribution in [0.5, 0.6) is 0 Å². The average Bonchev–Trinajstić information content (AvgIpc) is 2.71. The smallest absolute Gasteiger partial charge is 0.309 e. The highest BCUT2D eigenvalue weighted by atomic mass is 16.4. The predicted molar refractivity (Wildman–Crippen MR) is 59.7 cm³/mol. The first-order valence-electron chi connectivity index (χ1n) is 6.20. The Hall–Kier alpha value is -0.530. The van der Waals surface area contributed by atoms with Crippen LogP contribution in [0.1, 0.15) is 58.8 Å². The fraction of sp³-hybridized carbons (Fsp3) is 0.923. The van der Waals surface area contributed by atoms with Crippen molar-refractivity contribution in [2.45, 2.75) is 58.8 Å². The first-order valence-corrected chi connectivity index (χ1v) is 6.20. The largest absolute Gasteiger partial charge is 0.481 e. The summed E-state index contributed by atoms with van der Waals surface area (Å²) in [6.45, 7) is 4.55. The number of carboxylic acid groups (broad SMARTS) is 1. The molecule has 0 bridgehead atoms. The van der Waals surface area contributed by atoms with Crippen LogP contribution in [0.3, 0.4) is 0 Å². The molecule has 0 aromatic carbocycles. The Kier molecular flexibility index (Phi) is 2.56. The van der Waals surface area contributed by atoms with Gasteiger partial charge in [-0.3, -0.25) is 4.79 Å². The van der Waals surface area contributed by atoms with E-state index in [1.165, 1.54) is 6.42 Å². The van der Waals surface area contributed by atoms with Gasteiger partial charge in [-0.05, 0) is 43.4 Å². The topological polar surface area (TPSA) is 37.3 Å². The van der Waals surface area contributed by atoms with Crippen LogP contribution in [0.15, 0.2) is 0 Å². The minimum atomic E-state index is -0.525. The molecule has 86 valence electrons. The van der Waals surface area contributed by atoms with Gasteiger partial charge in [-0.1, -0.05) is 26.7 Å². The van der Waals surface area contributed by atoms with Gasteiger partial charge in [0.25, 0.3) is 0 Å². The van der Waals surface area contributed by atoms with Crippen molar-refractivity contribution in [1.82, 2.24) is 0 Å². The molecule has 15 heavy (non-hydrogen) atoms. The van der Waals surface area contributed by atoms with E-state index in [1.54, 1.807) is 0 Å². The van der Waals surface area contributed by atoms with Crippen LogP contribution >= 0.6 is 0 Å². The van der Waals surface area contributed by atoms with Gasteiger partial charge in [0.1, 0.15) is 0 Å². The molecule has 0 radical (unpaired) electrons. The van der Waals surface area contributed by atoms with E-state index in [1.807, 2.05) is 0 Å². The first-order chi connectivity index (χ1) is 6.96. The van der Waals surface area contributed by atoms with Crippen LogP contribution in [-0.4, -0.2) is 11.1 Å². The molecule has 2 heteroatoms. The van der Waals surface area contributed by atoms with Crippen LogP contribution in [-0.2, 0) is 4.79 Å². The monoisotopic (exact) mass is 210 g/mol. The zero-order valence-corrected chi connectivity index (χ0v) is 9.88. The van der Waals surface area contributed by atoms with Crippen molar-refractivity contribution in [3.8, 4) is 0 Å². The normalized spacial score (nSPS) is 33.1. The zero-order chi connectivity index (χ0) is 11.1. The van der Waals surface area contributed by atoms with Gasteiger partial charge in [-0.25, -0.2) is 0 Å². The highest BCUT2D eigenvalue weighted by Crippen LogP contribution is 2.55. The van der Waals surface area contributed by atoms with Gasteiger partial charge in [0.2, 0.25) is 0 Å². The van der Waals surface area contributed by atoms with Gasteiger partial charge in [0, 0.05) is 0 Å². The van der Waals surface area contributed by atoms with Crippen molar-refractivity contribution >= 4 is 5.97 Å². The van der Waals surface area contributed by atoms with E-state index in [0.29, 0.717) is 11.3 Å². The molecule has 2 aliphatic carbocycles. The standard InChI is InChI=1S/C13H22O2/c1-12(2)8-5-10(9-12)13(11(14)15)6-3-4-7-13/h10H,3-9H2,1-2H3,(H,14,15). The fourth-order valence-corrected chi connectivity index (χ4v) is 3.71. The molecule has 2 nitrogen and oxygen atoms in total. The molecule has 0 aromatic heterocycles. The fourth-order valence-electron chi connectivity index (χ4n) is 3.71. The summed E-state index contributed by atoms with van der Waals surface area (Å²) in [6, 6.07) is 0. The number of hydrogen-bond donors (Lipinski definition) is 1. The summed E-state index contributed by atoms with van der Waals surface area (Å²) in [5.74, 6) is -0.0878. The van der Waals surface area contributed by atoms with Crippen molar-refractivity contribution < 1.29 is 9.90 Å². The molecule has 2 saturated carbocycles. The Bertz CT molecular complexity index is 262. The van der Waals surface area contributed by atoms with Gasteiger partial charge >= 0.3 is 5.97 Å². The van der Waals surface area contributed by atoms with Crippen LogP contribution in [0.4, 0.5) is 0 Å². The number of carboxylic acids is 1. The molecule has 2 fully saturated rings. The summed E-state index contributed by atoms with van der Waals surface area (Å²) in [7, 11) is 0. The molecular weight excluding hydrogens is 188 g/mol. The molecule has 1 atom stereocenters. The van der Waals surface area contributed by atoms with Crippen molar-refractivity contribution in [2.75, 3.05) is 0 Å². The van der Waals surface area contributed by atoms with Gasteiger partial charge in [-0.15, -0.1) is 0 Å². The Morgan fingerprint density at radius 1 is 1.20 bits per heavy atom. The molecule has 1 N–H and O–H groups in total. The molecule has 0 heterocycles. The maximum atomic E-state index is 11.5. The molecule has 0 aromatic rings. The van der Waals surface area contributed by atoms with Crippen molar-refractivity contribution in [3.05, 3.63) is 0 Å².